The van der Waals surface area contributed by atoms with Crippen molar-refractivity contribution in [1.29, 1.82) is 0 Å². The van der Waals surface area contributed by atoms with E-state index in [-0.39, 0.29) is 12.0 Å². The number of furan rings is 1. The summed E-state index contributed by atoms with van der Waals surface area (Å²) in [4.78, 5) is 0. The molecule has 0 aliphatic carbocycles. The average Bonchev–Trinajstić information content (AvgIpc) is 2.76. The largest absolute Gasteiger partial charge is 0.472 e. The van der Waals surface area contributed by atoms with Crippen molar-refractivity contribution in [3.8, 4) is 0 Å². The Hall–Kier alpha value is -1.35. The molecule has 1 heterocycles. The topological polar surface area (TPSA) is 13.1 Å². The monoisotopic (exact) mass is 242 g/mol. The first kappa shape index (κ1) is 11.1. The summed E-state index contributed by atoms with van der Waals surface area (Å²) in [5.74, 6) is -1.15. The van der Waals surface area contributed by atoms with Crippen molar-refractivity contribution < 1.29 is 13.2 Å². The Balaban J connectivity index is 2.21. The maximum Gasteiger partial charge on any atom is 0.129 e. The minimum atomic E-state index is -0.575. The van der Waals surface area contributed by atoms with Crippen LogP contribution in [0.4, 0.5) is 8.78 Å². The van der Waals surface area contributed by atoms with Crippen LogP contribution in [-0.2, 0) is 6.42 Å². The summed E-state index contributed by atoms with van der Waals surface area (Å²) >= 11 is 6.03. The average molecular weight is 243 g/mol. The van der Waals surface area contributed by atoms with Crippen molar-refractivity contribution in [3.05, 3.63) is 59.6 Å². The Labute approximate surface area is 96.6 Å². The number of hydrogen-bond donors (Lipinski definition) is 0. The molecule has 1 unspecified atom stereocenters. The standard InChI is InChI=1S/C12H9ClF2O/c13-10(8-4-5-16-7-8)6-9-11(14)2-1-3-12(9)15/h1-5,7,10H,6H2. The SMILES string of the molecule is Fc1cccc(F)c1CC(Cl)c1ccoc1. The molecule has 1 atom stereocenters. The Morgan fingerprint density at radius 2 is 1.88 bits per heavy atom. The third-order valence-corrected chi connectivity index (χ3v) is 2.76. The Morgan fingerprint density at radius 1 is 1.19 bits per heavy atom. The van der Waals surface area contributed by atoms with E-state index in [2.05, 4.69) is 0 Å². The van der Waals surface area contributed by atoms with Crippen LogP contribution in [0.1, 0.15) is 16.5 Å². The van der Waals surface area contributed by atoms with E-state index < -0.39 is 17.0 Å². The van der Waals surface area contributed by atoms with Crippen molar-refractivity contribution in [2.45, 2.75) is 11.8 Å². The lowest BCUT2D eigenvalue weighted by atomic mass is 10.1. The van der Waals surface area contributed by atoms with Crippen LogP contribution in [0.3, 0.4) is 0 Å². The zero-order valence-electron chi connectivity index (χ0n) is 8.29. The summed E-state index contributed by atoms with van der Waals surface area (Å²) in [5, 5.41) is -0.495. The van der Waals surface area contributed by atoms with Crippen LogP contribution < -0.4 is 0 Å². The van der Waals surface area contributed by atoms with E-state index in [0.717, 1.165) is 0 Å². The Kier molecular flexibility index (Phi) is 3.25. The van der Waals surface area contributed by atoms with Crippen LogP contribution in [0, 0.1) is 11.6 Å². The molecular formula is C12H9ClF2O. The van der Waals surface area contributed by atoms with Crippen LogP contribution in [0.15, 0.2) is 41.2 Å². The van der Waals surface area contributed by atoms with Crippen molar-refractivity contribution in [2.24, 2.45) is 0 Å². The molecule has 1 aromatic carbocycles. The molecule has 0 saturated heterocycles. The lowest BCUT2D eigenvalue weighted by molar-refractivity contribution is 0.548. The van der Waals surface area contributed by atoms with Gasteiger partial charge in [-0.05, 0) is 24.6 Å². The van der Waals surface area contributed by atoms with E-state index in [4.69, 9.17) is 16.0 Å². The highest BCUT2D eigenvalue weighted by Gasteiger charge is 2.16. The highest BCUT2D eigenvalue weighted by atomic mass is 35.5. The second-order valence-corrected chi connectivity index (χ2v) is 3.96. The molecule has 0 saturated carbocycles. The van der Waals surface area contributed by atoms with Gasteiger partial charge in [0.2, 0.25) is 0 Å². The Bertz CT molecular complexity index is 448. The second-order valence-electron chi connectivity index (χ2n) is 3.43. The molecule has 0 aliphatic rings. The first-order chi connectivity index (χ1) is 7.68. The van der Waals surface area contributed by atoms with Gasteiger partial charge in [0.05, 0.1) is 17.9 Å². The summed E-state index contributed by atoms with van der Waals surface area (Å²) in [6.45, 7) is 0. The van der Waals surface area contributed by atoms with Crippen molar-refractivity contribution in [1.82, 2.24) is 0 Å². The van der Waals surface area contributed by atoms with Gasteiger partial charge < -0.3 is 4.42 Å². The van der Waals surface area contributed by atoms with Gasteiger partial charge in [-0.15, -0.1) is 11.6 Å². The molecule has 4 heteroatoms. The van der Waals surface area contributed by atoms with E-state index in [1.54, 1.807) is 6.07 Å². The van der Waals surface area contributed by atoms with Gasteiger partial charge in [-0.2, -0.15) is 0 Å². The molecule has 16 heavy (non-hydrogen) atoms. The highest BCUT2D eigenvalue weighted by molar-refractivity contribution is 6.20. The fraction of sp³-hybridized carbons (Fsp3) is 0.167. The van der Waals surface area contributed by atoms with E-state index in [1.165, 1.54) is 30.7 Å². The molecule has 84 valence electrons. The first-order valence-electron chi connectivity index (χ1n) is 4.77. The Morgan fingerprint density at radius 3 is 2.44 bits per heavy atom. The normalized spacial score (nSPS) is 12.7. The smallest absolute Gasteiger partial charge is 0.129 e. The van der Waals surface area contributed by atoms with Gasteiger partial charge in [0.1, 0.15) is 11.6 Å². The number of hydrogen-bond acceptors (Lipinski definition) is 1. The zero-order chi connectivity index (χ0) is 11.5. The molecule has 0 N–H and O–H groups in total. The maximum atomic E-state index is 13.3. The quantitative estimate of drug-likeness (QED) is 0.739. The number of alkyl halides is 1. The summed E-state index contributed by atoms with van der Waals surface area (Å²) in [7, 11) is 0. The van der Waals surface area contributed by atoms with Gasteiger partial charge in [-0.3, -0.25) is 0 Å². The van der Waals surface area contributed by atoms with E-state index in [1.807, 2.05) is 0 Å². The molecule has 0 fully saturated rings. The lowest BCUT2D eigenvalue weighted by Gasteiger charge is -2.08. The van der Waals surface area contributed by atoms with Gasteiger partial charge >= 0.3 is 0 Å². The zero-order valence-corrected chi connectivity index (χ0v) is 9.05. The first-order valence-corrected chi connectivity index (χ1v) is 5.21. The number of rotatable bonds is 3. The molecule has 0 spiro atoms. The van der Waals surface area contributed by atoms with Crippen LogP contribution in [0.5, 0.6) is 0 Å². The molecular weight excluding hydrogens is 234 g/mol. The minimum Gasteiger partial charge on any atom is -0.472 e. The molecule has 0 bridgehead atoms. The second kappa shape index (κ2) is 4.66. The van der Waals surface area contributed by atoms with Crippen molar-refractivity contribution in [2.75, 3.05) is 0 Å². The molecule has 0 aliphatic heterocycles. The van der Waals surface area contributed by atoms with Crippen LogP contribution in [0.25, 0.3) is 0 Å². The van der Waals surface area contributed by atoms with Gasteiger partial charge in [0.25, 0.3) is 0 Å². The molecule has 2 rings (SSSR count). The summed E-state index contributed by atoms with van der Waals surface area (Å²) in [6.07, 6.45) is 3.04. The van der Waals surface area contributed by atoms with Crippen molar-refractivity contribution in [3.63, 3.8) is 0 Å². The van der Waals surface area contributed by atoms with Gasteiger partial charge in [0.15, 0.2) is 0 Å². The molecule has 1 nitrogen and oxygen atoms in total. The van der Waals surface area contributed by atoms with Gasteiger partial charge in [-0.1, -0.05) is 6.07 Å². The lowest BCUT2D eigenvalue weighted by Crippen LogP contribution is -2.00. The fourth-order valence-corrected chi connectivity index (χ4v) is 1.76. The molecule has 2 aromatic rings. The number of halogens is 3. The van der Waals surface area contributed by atoms with E-state index >= 15 is 0 Å². The molecule has 0 amide bonds. The third kappa shape index (κ3) is 2.25. The fourth-order valence-electron chi connectivity index (χ4n) is 1.48. The molecule has 1 aromatic heterocycles. The predicted molar refractivity (Wildman–Crippen MR) is 57.4 cm³/mol. The summed E-state index contributed by atoms with van der Waals surface area (Å²) in [5.41, 5.74) is 0.716. The van der Waals surface area contributed by atoms with Crippen molar-refractivity contribution >= 4 is 11.6 Å². The third-order valence-electron chi connectivity index (χ3n) is 2.35. The van der Waals surface area contributed by atoms with Crippen LogP contribution >= 0.6 is 11.6 Å². The maximum absolute atomic E-state index is 13.3. The highest BCUT2D eigenvalue weighted by Crippen LogP contribution is 2.27. The van der Waals surface area contributed by atoms with Crippen LogP contribution in [0.2, 0.25) is 0 Å². The number of benzene rings is 1. The van der Waals surface area contributed by atoms with E-state index in [0.29, 0.717) is 5.56 Å². The van der Waals surface area contributed by atoms with E-state index in [9.17, 15) is 8.78 Å². The minimum absolute atomic E-state index is 0.00343. The van der Waals surface area contributed by atoms with Gasteiger partial charge in [0, 0.05) is 11.1 Å². The van der Waals surface area contributed by atoms with Gasteiger partial charge in [-0.25, -0.2) is 8.78 Å². The molecule has 0 radical (unpaired) electrons. The summed E-state index contributed by atoms with van der Waals surface area (Å²) < 4.78 is 31.5. The summed E-state index contributed by atoms with van der Waals surface area (Å²) in [6, 6.07) is 5.44. The predicted octanol–water partition coefficient (Wildman–Crippen LogP) is 4.08. The van der Waals surface area contributed by atoms with Crippen LogP contribution in [-0.4, -0.2) is 0 Å².